The van der Waals surface area contributed by atoms with Crippen molar-refractivity contribution in [2.24, 2.45) is 0 Å². The molecule has 0 unspecified atom stereocenters. The fraction of sp³-hybridized carbons (Fsp3) is 0.556. The molecular weight excluding hydrogens is 292 g/mol. The van der Waals surface area contributed by atoms with E-state index in [1.165, 1.54) is 0 Å². The van der Waals surface area contributed by atoms with Gasteiger partial charge in [0.1, 0.15) is 5.75 Å². The number of benzene rings is 1. The molecule has 126 valence electrons. The van der Waals surface area contributed by atoms with E-state index in [1.54, 1.807) is 0 Å². The number of likely N-dealkylation sites (tertiary alicyclic amines) is 1. The number of hydrogen-bond acceptors (Lipinski definition) is 3. The van der Waals surface area contributed by atoms with Crippen LogP contribution < -0.4 is 10.1 Å². The lowest BCUT2D eigenvalue weighted by atomic mass is 10.0. The van der Waals surface area contributed by atoms with Gasteiger partial charge in [0.05, 0.1) is 0 Å². The van der Waals surface area contributed by atoms with Gasteiger partial charge in [-0.3, -0.25) is 9.59 Å². The summed E-state index contributed by atoms with van der Waals surface area (Å²) in [6.45, 7) is 7.35. The van der Waals surface area contributed by atoms with E-state index in [2.05, 4.69) is 5.32 Å². The Labute approximate surface area is 138 Å². The summed E-state index contributed by atoms with van der Waals surface area (Å²) < 4.78 is 5.62. The Bertz CT molecular complexity index is 563. The minimum absolute atomic E-state index is 0.0262. The quantitative estimate of drug-likeness (QED) is 0.905. The topological polar surface area (TPSA) is 58.6 Å². The molecule has 1 fully saturated rings. The number of amides is 2. The van der Waals surface area contributed by atoms with Crippen molar-refractivity contribution in [1.29, 1.82) is 0 Å². The molecule has 1 saturated heterocycles. The second kappa shape index (κ2) is 7.99. The van der Waals surface area contributed by atoms with Gasteiger partial charge < -0.3 is 15.0 Å². The molecule has 5 nitrogen and oxygen atoms in total. The van der Waals surface area contributed by atoms with E-state index in [0.717, 1.165) is 42.8 Å². The molecule has 1 aliphatic rings. The molecule has 1 aromatic rings. The number of carbonyl (C=O) groups is 2. The largest absolute Gasteiger partial charge is 0.483 e. The van der Waals surface area contributed by atoms with Crippen LogP contribution in [0.2, 0.25) is 0 Å². The van der Waals surface area contributed by atoms with Crippen LogP contribution in [0.4, 0.5) is 0 Å². The Morgan fingerprint density at radius 3 is 2.61 bits per heavy atom. The first-order valence-electron chi connectivity index (χ1n) is 8.27. The Kier molecular flexibility index (Phi) is 6.02. The van der Waals surface area contributed by atoms with Gasteiger partial charge in [0.2, 0.25) is 5.91 Å². The van der Waals surface area contributed by atoms with E-state index in [0.29, 0.717) is 6.42 Å². The van der Waals surface area contributed by atoms with E-state index >= 15 is 0 Å². The van der Waals surface area contributed by atoms with Gasteiger partial charge >= 0.3 is 0 Å². The molecule has 2 rings (SSSR count). The molecule has 23 heavy (non-hydrogen) atoms. The van der Waals surface area contributed by atoms with E-state index in [9.17, 15) is 9.59 Å². The fourth-order valence-corrected chi connectivity index (χ4v) is 2.79. The van der Waals surface area contributed by atoms with E-state index in [-0.39, 0.29) is 24.5 Å². The molecule has 1 aliphatic heterocycles. The lowest BCUT2D eigenvalue weighted by molar-refractivity contribution is -0.132. The molecule has 0 atom stereocenters. The van der Waals surface area contributed by atoms with Gasteiger partial charge in [-0.05, 0) is 43.9 Å². The number of aryl methyl sites for hydroxylation is 1. The van der Waals surface area contributed by atoms with Crippen LogP contribution in [0.15, 0.2) is 18.2 Å². The Hall–Kier alpha value is -2.04. The third kappa shape index (κ3) is 4.71. The molecule has 1 heterocycles. The van der Waals surface area contributed by atoms with Gasteiger partial charge in [0.15, 0.2) is 6.61 Å². The van der Waals surface area contributed by atoms with Gasteiger partial charge in [0.25, 0.3) is 5.91 Å². The van der Waals surface area contributed by atoms with Crippen LogP contribution in [-0.2, 0) is 9.59 Å². The molecule has 0 aromatic heterocycles. The predicted octanol–water partition coefficient (Wildman–Crippen LogP) is 2.20. The summed E-state index contributed by atoms with van der Waals surface area (Å²) in [5, 5.41) is 3.00. The Morgan fingerprint density at radius 1 is 1.26 bits per heavy atom. The van der Waals surface area contributed by atoms with E-state index < -0.39 is 0 Å². The molecule has 0 saturated carbocycles. The lowest BCUT2D eigenvalue weighted by Crippen LogP contribution is -2.47. The van der Waals surface area contributed by atoms with E-state index in [1.807, 2.05) is 43.9 Å². The average molecular weight is 318 g/mol. The van der Waals surface area contributed by atoms with Crippen molar-refractivity contribution in [2.45, 2.75) is 46.1 Å². The molecule has 1 N–H and O–H groups in total. The van der Waals surface area contributed by atoms with Gasteiger partial charge in [-0.2, -0.15) is 0 Å². The third-order valence-electron chi connectivity index (χ3n) is 4.43. The zero-order valence-electron chi connectivity index (χ0n) is 14.2. The Morgan fingerprint density at radius 2 is 1.96 bits per heavy atom. The van der Waals surface area contributed by atoms with Crippen molar-refractivity contribution in [3.8, 4) is 5.75 Å². The first-order valence-corrected chi connectivity index (χ1v) is 8.27. The molecule has 0 radical (unpaired) electrons. The third-order valence-corrected chi connectivity index (χ3v) is 4.43. The number of carbonyl (C=O) groups excluding carboxylic acids is 2. The van der Waals surface area contributed by atoms with Crippen LogP contribution in [0.1, 0.15) is 37.3 Å². The maximum atomic E-state index is 12.0. The first-order chi connectivity index (χ1) is 11.0. The highest BCUT2D eigenvalue weighted by Gasteiger charge is 2.23. The SMILES string of the molecule is CCC(=O)N1CCC(NC(=O)COc2cccc(C)c2C)CC1. The maximum Gasteiger partial charge on any atom is 0.258 e. The summed E-state index contributed by atoms with van der Waals surface area (Å²) in [6, 6.07) is 5.96. The van der Waals surface area contributed by atoms with Gasteiger partial charge in [-0.25, -0.2) is 0 Å². The average Bonchev–Trinajstić information content (AvgIpc) is 2.56. The van der Waals surface area contributed by atoms with Crippen LogP contribution in [-0.4, -0.2) is 42.5 Å². The molecule has 0 spiro atoms. The fourth-order valence-electron chi connectivity index (χ4n) is 2.79. The number of hydrogen-bond donors (Lipinski definition) is 1. The first kappa shape index (κ1) is 17.3. The second-order valence-electron chi connectivity index (χ2n) is 6.06. The van der Waals surface area contributed by atoms with Crippen LogP contribution >= 0.6 is 0 Å². The second-order valence-corrected chi connectivity index (χ2v) is 6.06. The number of piperidine rings is 1. The van der Waals surface area contributed by atoms with Crippen molar-refractivity contribution in [3.63, 3.8) is 0 Å². The van der Waals surface area contributed by atoms with Gasteiger partial charge in [-0.1, -0.05) is 19.1 Å². The summed E-state index contributed by atoms with van der Waals surface area (Å²) in [5.41, 5.74) is 2.21. The highest BCUT2D eigenvalue weighted by atomic mass is 16.5. The van der Waals surface area contributed by atoms with Crippen LogP contribution in [0.5, 0.6) is 5.75 Å². The minimum Gasteiger partial charge on any atom is -0.483 e. The lowest BCUT2D eigenvalue weighted by Gasteiger charge is -2.32. The summed E-state index contributed by atoms with van der Waals surface area (Å²) >= 11 is 0. The van der Waals surface area contributed by atoms with Crippen LogP contribution in [0, 0.1) is 13.8 Å². The van der Waals surface area contributed by atoms with Crippen molar-refractivity contribution in [2.75, 3.05) is 19.7 Å². The standard InChI is InChI=1S/C18H26N2O3/c1-4-18(22)20-10-8-15(9-11-20)19-17(21)12-23-16-7-5-6-13(2)14(16)3/h5-7,15H,4,8-12H2,1-3H3,(H,19,21). The van der Waals surface area contributed by atoms with E-state index in [4.69, 9.17) is 4.74 Å². The molecule has 5 heteroatoms. The number of nitrogens with one attached hydrogen (secondary N) is 1. The number of rotatable bonds is 5. The monoisotopic (exact) mass is 318 g/mol. The zero-order chi connectivity index (χ0) is 16.8. The minimum atomic E-state index is -0.105. The highest BCUT2D eigenvalue weighted by molar-refractivity contribution is 5.78. The van der Waals surface area contributed by atoms with Crippen LogP contribution in [0.25, 0.3) is 0 Å². The molecular formula is C18H26N2O3. The van der Waals surface area contributed by atoms with Crippen LogP contribution in [0.3, 0.4) is 0 Å². The molecule has 0 aliphatic carbocycles. The summed E-state index contributed by atoms with van der Waals surface area (Å²) in [7, 11) is 0. The summed E-state index contributed by atoms with van der Waals surface area (Å²) in [6.07, 6.45) is 2.16. The number of nitrogens with zero attached hydrogens (tertiary/aromatic N) is 1. The smallest absolute Gasteiger partial charge is 0.258 e. The zero-order valence-corrected chi connectivity index (χ0v) is 14.2. The molecule has 1 aromatic carbocycles. The molecule has 0 bridgehead atoms. The van der Waals surface area contributed by atoms with Crippen molar-refractivity contribution < 1.29 is 14.3 Å². The van der Waals surface area contributed by atoms with Gasteiger partial charge in [0, 0.05) is 25.6 Å². The number of ether oxygens (including phenoxy) is 1. The van der Waals surface area contributed by atoms with Gasteiger partial charge in [-0.15, -0.1) is 0 Å². The van der Waals surface area contributed by atoms with Crippen molar-refractivity contribution >= 4 is 11.8 Å². The predicted molar refractivity (Wildman–Crippen MR) is 89.4 cm³/mol. The summed E-state index contributed by atoms with van der Waals surface area (Å²) in [4.78, 5) is 25.5. The summed E-state index contributed by atoms with van der Waals surface area (Å²) in [5.74, 6) is 0.836. The van der Waals surface area contributed by atoms with Crippen molar-refractivity contribution in [1.82, 2.24) is 10.2 Å². The van der Waals surface area contributed by atoms with Crippen molar-refractivity contribution in [3.05, 3.63) is 29.3 Å². The Balaban J connectivity index is 1.76. The normalized spacial score (nSPS) is 15.3. The molecule has 2 amide bonds. The maximum absolute atomic E-state index is 12.0. The highest BCUT2D eigenvalue weighted by Crippen LogP contribution is 2.20.